The molecule has 3 aromatic carbocycles. The van der Waals surface area contributed by atoms with Crippen molar-refractivity contribution in [2.75, 3.05) is 0 Å². The Morgan fingerprint density at radius 3 is 2.38 bits per heavy atom. The molecule has 0 saturated heterocycles. The molecule has 3 aromatic rings. The third-order valence-electron chi connectivity index (χ3n) is 4.31. The van der Waals surface area contributed by atoms with E-state index in [0.717, 1.165) is 11.1 Å². The Morgan fingerprint density at radius 2 is 1.69 bits per heavy atom. The molecule has 0 aliphatic heterocycles. The molecule has 3 N–H and O–H groups in total. The Kier molecular flexibility index (Phi) is 4.94. The first-order valence-corrected chi connectivity index (χ1v) is 8.42. The van der Waals surface area contributed by atoms with E-state index in [1.54, 1.807) is 13.0 Å². The molecular weight excluding hydrogens is 326 g/mol. The number of nitrogens with one attached hydrogen (secondary N) is 1. The van der Waals surface area contributed by atoms with Gasteiger partial charge in [0.05, 0.1) is 11.1 Å². The van der Waals surface area contributed by atoms with Gasteiger partial charge in [-0.25, -0.2) is 0 Å². The summed E-state index contributed by atoms with van der Waals surface area (Å²) in [5.74, 6) is -0.637. The highest BCUT2D eigenvalue weighted by Crippen LogP contribution is 2.41. The molecule has 0 aliphatic carbocycles. The van der Waals surface area contributed by atoms with Crippen molar-refractivity contribution in [1.82, 2.24) is 5.32 Å². The lowest BCUT2D eigenvalue weighted by Crippen LogP contribution is -2.23. The maximum Gasteiger partial charge on any atom is 0.255 e. The lowest BCUT2D eigenvalue weighted by atomic mass is 9.95. The number of carbonyl (C=O) groups excluding carboxylic acids is 1. The highest BCUT2D eigenvalue weighted by molar-refractivity contribution is 6.01. The monoisotopic (exact) mass is 347 g/mol. The van der Waals surface area contributed by atoms with Gasteiger partial charge < -0.3 is 15.5 Å². The summed E-state index contributed by atoms with van der Waals surface area (Å²) in [4.78, 5) is 12.7. The van der Waals surface area contributed by atoms with Crippen LogP contribution in [0.5, 0.6) is 11.5 Å². The fourth-order valence-corrected chi connectivity index (χ4v) is 3.02. The van der Waals surface area contributed by atoms with Gasteiger partial charge in [-0.2, -0.15) is 0 Å². The zero-order valence-electron chi connectivity index (χ0n) is 14.8. The maximum atomic E-state index is 12.7. The summed E-state index contributed by atoms with van der Waals surface area (Å²) in [7, 11) is 0. The van der Waals surface area contributed by atoms with E-state index in [1.807, 2.05) is 55.5 Å². The SMILES string of the molecule is Cc1cccc(-c2c(O)cc(C)c(C(=O)NCc3ccccc3)c2O)c1. The van der Waals surface area contributed by atoms with E-state index in [2.05, 4.69) is 5.32 Å². The number of phenols is 2. The van der Waals surface area contributed by atoms with Crippen molar-refractivity contribution < 1.29 is 15.0 Å². The average Bonchev–Trinajstić information content (AvgIpc) is 2.60. The average molecular weight is 347 g/mol. The van der Waals surface area contributed by atoms with Gasteiger partial charge in [0.2, 0.25) is 0 Å². The van der Waals surface area contributed by atoms with Crippen molar-refractivity contribution in [3.63, 3.8) is 0 Å². The summed E-state index contributed by atoms with van der Waals surface area (Å²) in [6.45, 7) is 3.98. The molecule has 0 aliphatic rings. The van der Waals surface area contributed by atoms with Gasteiger partial charge in [-0.05, 0) is 36.6 Å². The van der Waals surface area contributed by atoms with Crippen LogP contribution in [0.1, 0.15) is 27.0 Å². The molecule has 4 heteroatoms. The molecule has 0 saturated carbocycles. The van der Waals surface area contributed by atoms with Crippen LogP contribution < -0.4 is 5.32 Å². The highest BCUT2D eigenvalue weighted by Gasteiger charge is 2.22. The normalized spacial score (nSPS) is 10.5. The minimum atomic E-state index is -0.377. The fourth-order valence-electron chi connectivity index (χ4n) is 3.02. The van der Waals surface area contributed by atoms with E-state index in [-0.39, 0.29) is 28.5 Å². The zero-order valence-corrected chi connectivity index (χ0v) is 14.8. The quantitative estimate of drug-likeness (QED) is 0.658. The number of benzene rings is 3. The lowest BCUT2D eigenvalue weighted by molar-refractivity contribution is 0.0947. The molecule has 0 fully saturated rings. The highest BCUT2D eigenvalue weighted by atomic mass is 16.3. The van der Waals surface area contributed by atoms with Crippen molar-refractivity contribution in [2.45, 2.75) is 20.4 Å². The number of aromatic hydroxyl groups is 2. The molecule has 0 heterocycles. The van der Waals surface area contributed by atoms with Crippen LogP contribution >= 0.6 is 0 Å². The van der Waals surface area contributed by atoms with Crippen LogP contribution in [0.3, 0.4) is 0 Å². The number of hydrogen-bond donors (Lipinski definition) is 3. The third kappa shape index (κ3) is 3.54. The molecule has 4 nitrogen and oxygen atoms in total. The number of phenolic OH excluding ortho intramolecular Hbond substituents is 2. The van der Waals surface area contributed by atoms with Crippen LogP contribution in [0.15, 0.2) is 60.7 Å². The summed E-state index contributed by atoms with van der Waals surface area (Å²) >= 11 is 0. The van der Waals surface area contributed by atoms with Gasteiger partial charge >= 0.3 is 0 Å². The molecule has 0 unspecified atom stereocenters. The number of rotatable bonds is 4. The van der Waals surface area contributed by atoms with E-state index < -0.39 is 0 Å². The summed E-state index contributed by atoms with van der Waals surface area (Å²) in [5.41, 5.74) is 3.59. The Labute approximate surface area is 152 Å². The summed E-state index contributed by atoms with van der Waals surface area (Å²) in [6, 6.07) is 18.5. The van der Waals surface area contributed by atoms with Crippen LogP contribution in [0, 0.1) is 13.8 Å². The smallest absolute Gasteiger partial charge is 0.255 e. The van der Waals surface area contributed by atoms with E-state index in [0.29, 0.717) is 17.7 Å². The zero-order chi connectivity index (χ0) is 18.7. The Balaban J connectivity index is 1.97. The predicted octanol–water partition coefficient (Wildman–Crippen LogP) is 4.31. The van der Waals surface area contributed by atoms with Gasteiger partial charge in [-0.3, -0.25) is 4.79 Å². The molecule has 0 spiro atoms. The number of hydrogen-bond acceptors (Lipinski definition) is 3. The minimum Gasteiger partial charge on any atom is -0.507 e. The van der Waals surface area contributed by atoms with Gasteiger partial charge in [0, 0.05) is 6.54 Å². The van der Waals surface area contributed by atoms with Gasteiger partial charge in [0.1, 0.15) is 11.5 Å². The molecule has 0 bridgehead atoms. The van der Waals surface area contributed by atoms with Gasteiger partial charge in [0.15, 0.2) is 0 Å². The number of carbonyl (C=O) groups is 1. The predicted molar refractivity (Wildman–Crippen MR) is 102 cm³/mol. The third-order valence-corrected chi connectivity index (χ3v) is 4.31. The second-order valence-electron chi connectivity index (χ2n) is 6.35. The van der Waals surface area contributed by atoms with Gasteiger partial charge in [-0.1, -0.05) is 60.2 Å². The van der Waals surface area contributed by atoms with Crippen LogP contribution in [0.25, 0.3) is 11.1 Å². The summed E-state index contributed by atoms with van der Waals surface area (Å²) < 4.78 is 0. The van der Waals surface area contributed by atoms with Crippen LogP contribution in [-0.4, -0.2) is 16.1 Å². The summed E-state index contributed by atoms with van der Waals surface area (Å²) in [5, 5.41) is 23.9. The Morgan fingerprint density at radius 1 is 0.962 bits per heavy atom. The van der Waals surface area contributed by atoms with E-state index in [1.165, 1.54) is 6.07 Å². The summed E-state index contributed by atoms with van der Waals surface area (Å²) in [6.07, 6.45) is 0. The number of amides is 1. The van der Waals surface area contributed by atoms with E-state index in [4.69, 9.17) is 0 Å². The molecule has 3 rings (SSSR count). The molecule has 0 radical (unpaired) electrons. The molecular formula is C22H21NO3. The molecule has 0 aromatic heterocycles. The molecule has 132 valence electrons. The number of aryl methyl sites for hydroxylation is 2. The second-order valence-corrected chi connectivity index (χ2v) is 6.35. The second kappa shape index (κ2) is 7.31. The van der Waals surface area contributed by atoms with Crippen LogP contribution in [-0.2, 0) is 6.54 Å². The van der Waals surface area contributed by atoms with Gasteiger partial charge in [-0.15, -0.1) is 0 Å². The van der Waals surface area contributed by atoms with Crippen molar-refractivity contribution in [1.29, 1.82) is 0 Å². The minimum absolute atomic E-state index is 0.0507. The fraction of sp³-hybridized carbons (Fsp3) is 0.136. The maximum absolute atomic E-state index is 12.7. The van der Waals surface area contributed by atoms with Crippen molar-refractivity contribution >= 4 is 5.91 Å². The van der Waals surface area contributed by atoms with E-state index in [9.17, 15) is 15.0 Å². The lowest BCUT2D eigenvalue weighted by Gasteiger charge is -2.15. The first-order chi connectivity index (χ1) is 12.5. The molecule has 0 atom stereocenters. The Bertz CT molecular complexity index is 949. The standard InChI is InChI=1S/C22H21NO3/c1-14-7-6-10-17(11-14)20-18(24)12-15(2)19(21(20)25)22(26)23-13-16-8-4-3-5-9-16/h3-12,24-25H,13H2,1-2H3,(H,23,26). The van der Waals surface area contributed by atoms with Crippen molar-refractivity contribution in [3.05, 3.63) is 82.9 Å². The first kappa shape index (κ1) is 17.5. The van der Waals surface area contributed by atoms with E-state index >= 15 is 0 Å². The topological polar surface area (TPSA) is 69.6 Å². The largest absolute Gasteiger partial charge is 0.507 e. The first-order valence-electron chi connectivity index (χ1n) is 8.42. The van der Waals surface area contributed by atoms with Crippen LogP contribution in [0.4, 0.5) is 0 Å². The molecule has 26 heavy (non-hydrogen) atoms. The van der Waals surface area contributed by atoms with Crippen molar-refractivity contribution in [2.24, 2.45) is 0 Å². The van der Waals surface area contributed by atoms with Gasteiger partial charge in [0.25, 0.3) is 5.91 Å². The molecule has 1 amide bonds. The van der Waals surface area contributed by atoms with Crippen molar-refractivity contribution in [3.8, 4) is 22.6 Å². The Hall–Kier alpha value is -3.27. The van der Waals surface area contributed by atoms with Crippen LogP contribution in [0.2, 0.25) is 0 Å².